The molecular weight excluding hydrogens is 250 g/mol. The van der Waals surface area contributed by atoms with E-state index < -0.39 is 0 Å². The Morgan fingerprint density at radius 3 is 2.78 bits per heavy atom. The monoisotopic (exact) mass is 263 g/mol. The van der Waals surface area contributed by atoms with Crippen molar-refractivity contribution in [3.8, 4) is 0 Å². The zero-order valence-electron chi connectivity index (χ0n) is 9.61. The number of rotatable bonds is 5. The maximum absolute atomic E-state index is 11.8. The molecule has 0 saturated carbocycles. The van der Waals surface area contributed by atoms with E-state index in [4.69, 9.17) is 0 Å². The van der Waals surface area contributed by atoms with Gasteiger partial charge in [-0.15, -0.1) is 5.10 Å². The normalized spacial score (nSPS) is 12.1. The third-order valence-electron chi connectivity index (χ3n) is 2.47. The second-order valence-corrected chi connectivity index (χ2v) is 4.61. The smallest absolute Gasteiger partial charge is 0.264 e. The van der Waals surface area contributed by atoms with Crippen LogP contribution in [0.2, 0.25) is 0 Å². The molecule has 1 amide bonds. The molecule has 6 heteroatoms. The van der Waals surface area contributed by atoms with Gasteiger partial charge < -0.3 is 10.4 Å². The van der Waals surface area contributed by atoms with Gasteiger partial charge in [-0.25, -0.2) is 0 Å². The highest BCUT2D eigenvalue weighted by molar-refractivity contribution is 7.07. The summed E-state index contributed by atoms with van der Waals surface area (Å²) in [6.45, 7) is -0.104. The molecule has 0 radical (unpaired) electrons. The quantitative estimate of drug-likeness (QED) is 0.839. The fourth-order valence-corrected chi connectivity index (χ4v) is 2.00. The summed E-state index contributed by atoms with van der Waals surface area (Å²) in [6.07, 6.45) is 2.01. The van der Waals surface area contributed by atoms with Gasteiger partial charge in [0.25, 0.3) is 5.91 Å². The lowest BCUT2D eigenvalue weighted by molar-refractivity contribution is 0.0920. The van der Waals surface area contributed by atoms with Gasteiger partial charge in [-0.1, -0.05) is 34.8 Å². The number of aliphatic hydroxyl groups is 1. The summed E-state index contributed by atoms with van der Waals surface area (Å²) in [5.41, 5.74) is 1.07. The van der Waals surface area contributed by atoms with Gasteiger partial charge in [-0.2, -0.15) is 0 Å². The van der Waals surface area contributed by atoms with Crippen LogP contribution in [0, 0.1) is 0 Å². The van der Waals surface area contributed by atoms with Crippen LogP contribution in [0.4, 0.5) is 0 Å². The number of carbonyl (C=O) groups is 1. The van der Waals surface area contributed by atoms with E-state index in [1.807, 2.05) is 30.3 Å². The standard InChI is InChI=1S/C12H13N3O2S/c16-8-10(6-9-4-2-1-3-5-9)14-12(17)11-7-13-15-18-11/h1-5,7,10,16H,6,8H2,(H,14,17)/t10-/m0/s1. The zero-order valence-corrected chi connectivity index (χ0v) is 10.4. The average Bonchev–Trinajstić information content (AvgIpc) is 2.93. The van der Waals surface area contributed by atoms with Gasteiger partial charge >= 0.3 is 0 Å². The summed E-state index contributed by atoms with van der Waals surface area (Å²) in [5.74, 6) is -0.250. The van der Waals surface area contributed by atoms with E-state index in [1.165, 1.54) is 6.20 Å². The Balaban J connectivity index is 1.96. The molecule has 0 aliphatic rings. The molecule has 94 valence electrons. The fourth-order valence-electron chi connectivity index (χ4n) is 1.58. The van der Waals surface area contributed by atoms with Gasteiger partial charge in [0.1, 0.15) is 4.88 Å². The van der Waals surface area contributed by atoms with Crippen LogP contribution < -0.4 is 5.32 Å². The molecule has 1 heterocycles. The van der Waals surface area contributed by atoms with Crippen molar-refractivity contribution in [1.29, 1.82) is 0 Å². The van der Waals surface area contributed by atoms with Crippen molar-refractivity contribution in [2.75, 3.05) is 6.61 Å². The number of benzene rings is 1. The molecular formula is C12H13N3O2S. The second kappa shape index (κ2) is 6.23. The van der Waals surface area contributed by atoms with Crippen LogP contribution in [0.25, 0.3) is 0 Å². The summed E-state index contributed by atoms with van der Waals surface area (Å²) in [5, 5.41) is 15.7. The maximum Gasteiger partial charge on any atom is 0.264 e. The Morgan fingerprint density at radius 1 is 1.39 bits per heavy atom. The summed E-state index contributed by atoms with van der Waals surface area (Å²) in [7, 11) is 0. The Morgan fingerprint density at radius 2 is 2.17 bits per heavy atom. The molecule has 0 bridgehead atoms. The summed E-state index contributed by atoms with van der Waals surface area (Å²) >= 11 is 1.04. The minimum absolute atomic E-state index is 0.104. The van der Waals surface area contributed by atoms with E-state index in [2.05, 4.69) is 14.9 Å². The van der Waals surface area contributed by atoms with Gasteiger partial charge in [0.05, 0.1) is 18.8 Å². The van der Waals surface area contributed by atoms with Crippen LogP contribution in [0.5, 0.6) is 0 Å². The van der Waals surface area contributed by atoms with Crippen molar-refractivity contribution in [1.82, 2.24) is 14.9 Å². The Bertz CT molecular complexity index is 487. The van der Waals surface area contributed by atoms with Crippen molar-refractivity contribution in [3.63, 3.8) is 0 Å². The molecule has 0 fully saturated rings. The highest BCUT2D eigenvalue weighted by atomic mass is 32.1. The number of hydrogen-bond donors (Lipinski definition) is 2. The Kier molecular flexibility index (Phi) is 4.38. The van der Waals surface area contributed by atoms with Crippen LogP contribution in [0.15, 0.2) is 36.5 Å². The van der Waals surface area contributed by atoms with E-state index in [9.17, 15) is 9.90 Å². The Hall–Kier alpha value is -1.79. The summed E-state index contributed by atoms with van der Waals surface area (Å²) in [4.78, 5) is 12.2. The third-order valence-corrected chi connectivity index (χ3v) is 3.13. The zero-order chi connectivity index (χ0) is 12.8. The largest absolute Gasteiger partial charge is 0.394 e. The van der Waals surface area contributed by atoms with E-state index in [0.717, 1.165) is 17.1 Å². The molecule has 18 heavy (non-hydrogen) atoms. The van der Waals surface area contributed by atoms with Crippen molar-refractivity contribution in [2.45, 2.75) is 12.5 Å². The molecule has 0 aliphatic carbocycles. The minimum atomic E-state index is -0.304. The molecule has 2 rings (SSSR count). The van der Waals surface area contributed by atoms with Crippen molar-refractivity contribution >= 4 is 17.4 Å². The lowest BCUT2D eigenvalue weighted by Gasteiger charge is -2.15. The summed E-state index contributed by atoms with van der Waals surface area (Å²) in [6, 6.07) is 9.41. The minimum Gasteiger partial charge on any atom is -0.394 e. The van der Waals surface area contributed by atoms with Crippen molar-refractivity contribution < 1.29 is 9.90 Å². The molecule has 2 N–H and O–H groups in total. The molecule has 1 aromatic heterocycles. The maximum atomic E-state index is 11.8. The third kappa shape index (κ3) is 3.35. The van der Waals surface area contributed by atoms with Gasteiger partial charge in [0.2, 0.25) is 0 Å². The molecule has 0 unspecified atom stereocenters. The molecule has 1 atom stereocenters. The van der Waals surface area contributed by atoms with Crippen LogP contribution in [0.1, 0.15) is 15.2 Å². The number of hydrogen-bond acceptors (Lipinski definition) is 5. The van der Waals surface area contributed by atoms with Gasteiger partial charge in [-0.05, 0) is 23.5 Å². The number of aromatic nitrogens is 2. The number of nitrogens with one attached hydrogen (secondary N) is 1. The molecule has 0 spiro atoms. The topological polar surface area (TPSA) is 75.1 Å². The number of carbonyl (C=O) groups excluding carboxylic acids is 1. The van der Waals surface area contributed by atoms with Crippen LogP contribution >= 0.6 is 11.5 Å². The first-order valence-electron chi connectivity index (χ1n) is 5.52. The van der Waals surface area contributed by atoms with Gasteiger partial charge in [-0.3, -0.25) is 4.79 Å². The highest BCUT2D eigenvalue weighted by Crippen LogP contribution is 2.06. The Labute approximate surface area is 109 Å². The number of nitrogens with zero attached hydrogens (tertiary/aromatic N) is 2. The van der Waals surface area contributed by atoms with Crippen LogP contribution in [0.3, 0.4) is 0 Å². The molecule has 5 nitrogen and oxygen atoms in total. The van der Waals surface area contributed by atoms with E-state index >= 15 is 0 Å². The SMILES string of the molecule is O=C(N[C@H](CO)Cc1ccccc1)c1cnns1. The van der Waals surface area contributed by atoms with Crippen LogP contribution in [-0.4, -0.2) is 33.2 Å². The van der Waals surface area contributed by atoms with Gasteiger partial charge in [0.15, 0.2) is 0 Å². The first-order chi connectivity index (χ1) is 8.79. The molecule has 1 aromatic carbocycles. The lowest BCUT2D eigenvalue weighted by atomic mass is 10.1. The molecule has 2 aromatic rings. The van der Waals surface area contributed by atoms with Crippen molar-refractivity contribution in [2.24, 2.45) is 0 Å². The predicted octanol–water partition coefficient (Wildman–Crippen LogP) is 0.871. The van der Waals surface area contributed by atoms with E-state index in [0.29, 0.717) is 11.3 Å². The predicted molar refractivity (Wildman–Crippen MR) is 68.4 cm³/mol. The van der Waals surface area contributed by atoms with Gasteiger partial charge in [0, 0.05) is 0 Å². The number of amides is 1. The molecule has 0 aliphatic heterocycles. The first-order valence-corrected chi connectivity index (χ1v) is 6.30. The first kappa shape index (κ1) is 12.7. The van der Waals surface area contributed by atoms with E-state index in [1.54, 1.807) is 0 Å². The highest BCUT2D eigenvalue weighted by Gasteiger charge is 2.15. The van der Waals surface area contributed by atoms with E-state index in [-0.39, 0.29) is 18.6 Å². The van der Waals surface area contributed by atoms with Crippen LogP contribution in [-0.2, 0) is 6.42 Å². The second-order valence-electron chi connectivity index (χ2n) is 3.82. The summed E-state index contributed by atoms with van der Waals surface area (Å²) < 4.78 is 3.63. The van der Waals surface area contributed by atoms with Crippen molar-refractivity contribution in [3.05, 3.63) is 47.0 Å². The lowest BCUT2D eigenvalue weighted by Crippen LogP contribution is -2.38. The number of aliphatic hydroxyl groups excluding tert-OH is 1. The average molecular weight is 263 g/mol. The fraction of sp³-hybridized carbons (Fsp3) is 0.250. The molecule has 0 saturated heterocycles.